The standard InChI is InChI=1S/C11H10ClN3O2S/c1-6(10(16)17)18-11-13-9(14-15-11)7-2-4-8(12)5-3-7/h2-6H,1H3,(H,16,17)(H,13,14,15)/t6-/m1/s1. The summed E-state index contributed by atoms with van der Waals surface area (Å²) < 4.78 is 0. The molecule has 0 saturated heterocycles. The molecule has 2 rings (SSSR count). The summed E-state index contributed by atoms with van der Waals surface area (Å²) in [6.45, 7) is 1.59. The Hall–Kier alpha value is -1.53. The number of halogens is 1. The lowest BCUT2D eigenvalue weighted by Crippen LogP contribution is -2.11. The zero-order chi connectivity index (χ0) is 13.1. The average Bonchev–Trinajstić information content (AvgIpc) is 2.78. The molecule has 1 atom stereocenters. The number of nitrogens with zero attached hydrogens (tertiary/aromatic N) is 2. The molecule has 7 heteroatoms. The molecule has 0 saturated carbocycles. The smallest absolute Gasteiger partial charge is 0.316 e. The Morgan fingerprint density at radius 3 is 2.72 bits per heavy atom. The van der Waals surface area contributed by atoms with Crippen LogP contribution in [0.5, 0.6) is 0 Å². The quantitative estimate of drug-likeness (QED) is 0.844. The third-order valence-electron chi connectivity index (χ3n) is 2.21. The number of thioether (sulfide) groups is 1. The average molecular weight is 284 g/mol. The zero-order valence-corrected chi connectivity index (χ0v) is 11.0. The molecule has 0 fully saturated rings. The zero-order valence-electron chi connectivity index (χ0n) is 9.42. The maximum atomic E-state index is 10.7. The molecule has 0 radical (unpaired) electrons. The Balaban J connectivity index is 2.15. The van der Waals surface area contributed by atoms with Crippen LogP contribution in [0.4, 0.5) is 0 Å². The van der Waals surface area contributed by atoms with Crippen LogP contribution in [-0.4, -0.2) is 31.5 Å². The van der Waals surface area contributed by atoms with Gasteiger partial charge >= 0.3 is 5.97 Å². The number of nitrogens with one attached hydrogen (secondary N) is 1. The molecule has 5 nitrogen and oxygen atoms in total. The Kier molecular flexibility index (Phi) is 3.88. The first-order valence-electron chi connectivity index (χ1n) is 5.14. The topological polar surface area (TPSA) is 78.9 Å². The predicted molar refractivity (Wildman–Crippen MR) is 69.8 cm³/mol. The van der Waals surface area contributed by atoms with Gasteiger partial charge in [-0.3, -0.25) is 9.89 Å². The van der Waals surface area contributed by atoms with Crippen LogP contribution >= 0.6 is 23.4 Å². The monoisotopic (exact) mass is 283 g/mol. The van der Waals surface area contributed by atoms with Gasteiger partial charge in [0.25, 0.3) is 0 Å². The predicted octanol–water partition coefficient (Wildman–Crippen LogP) is 2.69. The molecular weight excluding hydrogens is 274 g/mol. The van der Waals surface area contributed by atoms with Crippen molar-refractivity contribution in [2.45, 2.75) is 17.3 Å². The fraction of sp³-hybridized carbons (Fsp3) is 0.182. The molecule has 2 N–H and O–H groups in total. The highest BCUT2D eigenvalue weighted by molar-refractivity contribution is 8.00. The van der Waals surface area contributed by atoms with Crippen molar-refractivity contribution in [2.24, 2.45) is 0 Å². The molecule has 94 valence electrons. The van der Waals surface area contributed by atoms with Crippen LogP contribution < -0.4 is 0 Å². The van der Waals surface area contributed by atoms with E-state index < -0.39 is 11.2 Å². The number of carboxylic acid groups (broad SMARTS) is 1. The van der Waals surface area contributed by atoms with Crippen molar-refractivity contribution in [1.29, 1.82) is 0 Å². The van der Waals surface area contributed by atoms with Gasteiger partial charge in [0.05, 0.1) is 0 Å². The van der Waals surface area contributed by atoms with E-state index >= 15 is 0 Å². The van der Waals surface area contributed by atoms with E-state index in [1.807, 2.05) is 12.1 Å². The summed E-state index contributed by atoms with van der Waals surface area (Å²) in [7, 11) is 0. The van der Waals surface area contributed by atoms with Crippen LogP contribution in [0.2, 0.25) is 5.02 Å². The van der Waals surface area contributed by atoms with Crippen LogP contribution in [0.3, 0.4) is 0 Å². The van der Waals surface area contributed by atoms with Gasteiger partial charge in [0, 0.05) is 10.6 Å². The number of aliphatic carboxylic acids is 1. The first kappa shape index (κ1) is 12.9. The minimum Gasteiger partial charge on any atom is -0.480 e. The Morgan fingerprint density at radius 1 is 1.44 bits per heavy atom. The maximum Gasteiger partial charge on any atom is 0.316 e. The largest absolute Gasteiger partial charge is 0.480 e. The molecule has 0 spiro atoms. The SMILES string of the molecule is C[C@@H](Sc1n[nH]c(-c2ccc(Cl)cc2)n1)C(=O)O. The first-order valence-corrected chi connectivity index (χ1v) is 6.40. The highest BCUT2D eigenvalue weighted by Gasteiger charge is 2.15. The van der Waals surface area contributed by atoms with Crippen LogP contribution in [0.1, 0.15) is 6.92 Å². The summed E-state index contributed by atoms with van der Waals surface area (Å²) in [6, 6.07) is 7.15. The van der Waals surface area contributed by atoms with Gasteiger partial charge in [-0.25, -0.2) is 4.98 Å². The van der Waals surface area contributed by atoms with Crippen LogP contribution in [0.15, 0.2) is 29.4 Å². The van der Waals surface area contributed by atoms with Gasteiger partial charge in [0.1, 0.15) is 5.25 Å². The normalized spacial score (nSPS) is 12.3. The van der Waals surface area contributed by atoms with E-state index in [9.17, 15) is 4.79 Å². The van der Waals surface area contributed by atoms with E-state index in [2.05, 4.69) is 15.2 Å². The number of benzene rings is 1. The van der Waals surface area contributed by atoms with Crippen molar-refractivity contribution >= 4 is 29.3 Å². The molecule has 0 aliphatic heterocycles. The van der Waals surface area contributed by atoms with E-state index in [4.69, 9.17) is 16.7 Å². The molecule has 0 bridgehead atoms. The molecule has 1 aromatic heterocycles. The summed E-state index contributed by atoms with van der Waals surface area (Å²) in [6.07, 6.45) is 0. The lowest BCUT2D eigenvalue weighted by Gasteiger charge is -2.00. The Labute approximate surface area is 113 Å². The van der Waals surface area contributed by atoms with Gasteiger partial charge < -0.3 is 5.11 Å². The number of rotatable bonds is 4. The lowest BCUT2D eigenvalue weighted by molar-refractivity contribution is -0.136. The highest BCUT2D eigenvalue weighted by atomic mass is 35.5. The van der Waals surface area contributed by atoms with Crippen molar-refractivity contribution in [3.05, 3.63) is 29.3 Å². The number of carboxylic acids is 1. The molecule has 1 aromatic carbocycles. The van der Waals surface area contributed by atoms with E-state index in [0.29, 0.717) is 16.0 Å². The number of carbonyl (C=O) groups is 1. The minimum atomic E-state index is -0.891. The molecule has 0 aliphatic rings. The summed E-state index contributed by atoms with van der Waals surface area (Å²) >= 11 is 6.88. The number of hydrogen-bond acceptors (Lipinski definition) is 4. The molecule has 2 aromatic rings. The van der Waals surface area contributed by atoms with E-state index in [0.717, 1.165) is 17.3 Å². The number of hydrogen-bond donors (Lipinski definition) is 2. The minimum absolute atomic E-state index is 0.412. The highest BCUT2D eigenvalue weighted by Crippen LogP contribution is 2.23. The second-order valence-corrected chi connectivity index (χ2v) is 5.32. The summed E-state index contributed by atoms with van der Waals surface area (Å²) in [5.41, 5.74) is 0.849. The third-order valence-corrected chi connectivity index (χ3v) is 3.41. The van der Waals surface area contributed by atoms with E-state index in [1.165, 1.54) is 0 Å². The van der Waals surface area contributed by atoms with Crippen molar-refractivity contribution in [3.63, 3.8) is 0 Å². The second kappa shape index (κ2) is 5.41. The number of aromatic nitrogens is 3. The Bertz CT molecular complexity index is 556. The fourth-order valence-electron chi connectivity index (χ4n) is 1.24. The lowest BCUT2D eigenvalue weighted by atomic mass is 10.2. The van der Waals surface area contributed by atoms with Crippen LogP contribution in [0.25, 0.3) is 11.4 Å². The van der Waals surface area contributed by atoms with Crippen molar-refractivity contribution in [3.8, 4) is 11.4 Å². The summed E-state index contributed by atoms with van der Waals surface area (Å²) in [4.78, 5) is 14.9. The number of H-pyrrole nitrogens is 1. The van der Waals surface area contributed by atoms with Gasteiger partial charge in [0.2, 0.25) is 5.16 Å². The van der Waals surface area contributed by atoms with Gasteiger partial charge in [-0.2, -0.15) is 0 Å². The van der Waals surface area contributed by atoms with Crippen molar-refractivity contribution in [2.75, 3.05) is 0 Å². The molecule has 0 amide bonds. The van der Waals surface area contributed by atoms with Crippen molar-refractivity contribution in [1.82, 2.24) is 15.2 Å². The van der Waals surface area contributed by atoms with Crippen molar-refractivity contribution < 1.29 is 9.90 Å². The van der Waals surface area contributed by atoms with Gasteiger partial charge in [0.15, 0.2) is 5.82 Å². The first-order chi connectivity index (χ1) is 8.56. The second-order valence-electron chi connectivity index (χ2n) is 3.57. The van der Waals surface area contributed by atoms with Crippen LogP contribution in [-0.2, 0) is 4.79 Å². The van der Waals surface area contributed by atoms with E-state index in [-0.39, 0.29) is 0 Å². The summed E-state index contributed by atoms with van der Waals surface area (Å²) in [5, 5.41) is 16.0. The van der Waals surface area contributed by atoms with Gasteiger partial charge in [-0.05, 0) is 31.2 Å². The third kappa shape index (κ3) is 3.02. The summed E-state index contributed by atoms with van der Waals surface area (Å²) in [5.74, 6) is -0.301. The van der Waals surface area contributed by atoms with Gasteiger partial charge in [-0.1, -0.05) is 23.4 Å². The maximum absolute atomic E-state index is 10.7. The number of aromatic amines is 1. The van der Waals surface area contributed by atoms with Gasteiger partial charge in [-0.15, -0.1) is 5.10 Å². The molecule has 0 aliphatic carbocycles. The molecular formula is C11H10ClN3O2S. The van der Waals surface area contributed by atoms with E-state index in [1.54, 1.807) is 19.1 Å². The molecule has 18 heavy (non-hydrogen) atoms. The fourth-order valence-corrected chi connectivity index (χ4v) is 2.03. The van der Waals surface area contributed by atoms with Crippen LogP contribution in [0, 0.1) is 0 Å². The molecule has 1 heterocycles. The molecule has 0 unspecified atom stereocenters. The Morgan fingerprint density at radius 2 is 2.11 bits per heavy atom.